The van der Waals surface area contributed by atoms with E-state index in [9.17, 15) is 13.6 Å². The number of halogens is 2. The molecule has 7 heteroatoms. The maximum absolute atomic E-state index is 13.2. The minimum absolute atomic E-state index is 0.435. The first-order chi connectivity index (χ1) is 12.5. The Labute approximate surface area is 149 Å². The average Bonchev–Trinajstić information content (AvgIpc) is 3.20. The topological polar surface area (TPSA) is 59.0 Å². The van der Waals surface area contributed by atoms with Crippen LogP contribution in [-0.4, -0.2) is 34.0 Å². The summed E-state index contributed by atoms with van der Waals surface area (Å²) in [6, 6.07) is 14.4. The van der Waals surface area contributed by atoms with Gasteiger partial charge in [-0.15, -0.1) is 0 Å². The van der Waals surface area contributed by atoms with Crippen LogP contribution in [0.1, 0.15) is 12.0 Å². The molecular formula is C19H18F2N4O. The largest absolute Gasteiger partial charge is 0.326 e. The lowest BCUT2D eigenvalue weighted by atomic mass is 10.1. The lowest BCUT2D eigenvalue weighted by Gasteiger charge is -2.12. The number of hydrogen-bond acceptors (Lipinski definition) is 3. The number of amides is 1. The fourth-order valence-corrected chi connectivity index (χ4v) is 3.16. The van der Waals surface area contributed by atoms with Crippen LogP contribution in [0.4, 0.5) is 14.5 Å². The van der Waals surface area contributed by atoms with Crippen LogP contribution in [0.5, 0.6) is 0 Å². The number of fused-ring (bicyclic) bond motifs is 1. The number of hydrogen-bond donors (Lipinski definition) is 2. The molecule has 1 aliphatic rings. The van der Waals surface area contributed by atoms with Gasteiger partial charge in [0.05, 0.1) is 29.9 Å². The molecule has 2 heterocycles. The molecule has 1 atom stereocenters. The zero-order valence-corrected chi connectivity index (χ0v) is 14.0. The summed E-state index contributed by atoms with van der Waals surface area (Å²) in [5.74, 6) is -3.25. The maximum Gasteiger partial charge on any atom is 0.262 e. The van der Waals surface area contributed by atoms with Gasteiger partial charge >= 0.3 is 0 Å². The molecule has 2 aromatic carbocycles. The SMILES string of the molecule is O=C(Nc1ccc(Cn2cnc3ccccc32)cc1)C1CC(F)(F)CN1. The van der Waals surface area contributed by atoms with Crippen LogP contribution in [0.2, 0.25) is 0 Å². The number of para-hydroxylation sites is 2. The smallest absolute Gasteiger partial charge is 0.262 e. The Morgan fingerprint density at radius 1 is 1.23 bits per heavy atom. The van der Waals surface area contributed by atoms with E-state index < -0.39 is 30.8 Å². The fourth-order valence-electron chi connectivity index (χ4n) is 3.16. The van der Waals surface area contributed by atoms with Gasteiger partial charge in [-0.1, -0.05) is 24.3 Å². The van der Waals surface area contributed by atoms with Crippen molar-refractivity contribution in [3.8, 4) is 0 Å². The van der Waals surface area contributed by atoms with Crippen LogP contribution < -0.4 is 10.6 Å². The lowest BCUT2D eigenvalue weighted by molar-refractivity contribution is -0.118. The minimum Gasteiger partial charge on any atom is -0.326 e. The number of anilines is 1. The molecule has 1 aliphatic heterocycles. The zero-order valence-electron chi connectivity index (χ0n) is 14.0. The molecule has 0 aliphatic carbocycles. The molecule has 1 unspecified atom stereocenters. The first kappa shape index (κ1) is 16.7. The van der Waals surface area contributed by atoms with Gasteiger partial charge in [-0.05, 0) is 29.8 Å². The van der Waals surface area contributed by atoms with Crippen LogP contribution in [0.15, 0.2) is 54.9 Å². The Morgan fingerprint density at radius 2 is 2.00 bits per heavy atom. The maximum atomic E-state index is 13.2. The molecule has 1 aromatic heterocycles. The van der Waals surface area contributed by atoms with Crippen LogP contribution in [0, 0.1) is 0 Å². The van der Waals surface area contributed by atoms with E-state index in [0.717, 1.165) is 16.6 Å². The number of nitrogens with zero attached hydrogens (tertiary/aromatic N) is 2. The van der Waals surface area contributed by atoms with Crippen LogP contribution in [0.3, 0.4) is 0 Å². The van der Waals surface area contributed by atoms with Gasteiger partial charge in [0.15, 0.2) is 0 Å². The second kappa shape index (κ2) is 6.49. The Morgan fingerprint density at radius 3 is 2.73 bits per heavy atom. The summed E-state index contributed by atoms with van der Waals surface area (Å²) in [6.07, 6.45) is 1.33. The quantitative estimate of drug-likeness (QED) is 0.756. The molecule has 134 valence electrons. The van der Waals surface area contributed by atoms with Crippen LogP contribution in [0.25, 0.3) is 11.0 Å². The summed E-state index contributed by atoms with van der Waals surface area (Å²) in [5.41, 5.74) is 3.64. The number of benzene rings is 2. The first-order valence-corrected chi connectivity index (χ1v) is 8.41. The highest BCUT2D eigenvalue weighted by molar-refractivity contribution is 5.95. The molecular weight excluding hydrogens is 338 g/mol. The number of rotatable bonds is 4. The fraction of sp³-hybridized carbons (Fsp3) is 0.263. The van der Waals surface area contributed by atoms with E-state index in [0.29, 0.717) is 12.2 Å². The van der Waals surface area contributed by atoms with E-state index >= 15 is 0 Å². The number of aromatic nitrogens is 2. The molecule has 0 bridgehead atoms. The number of carbonyl (C=O) groups excluding carboxylic acids is 1. The predicted octanol–water partition coefficient (Wildman–Crippen LogP) is 3.02. The summed E-state index contributed by atoms with van der Waals surface area (Å²) in [5, 5.41) is 5.24. The Balaban J connectivity index is 1.41. The molecule has 4 rings (SSSR count). The van der Waals surface area contributed by atoms with Crippen molar-refractivity contribution in [2.75, 3.05) is 11.9 Å². The highest BCUT2D eigenvalue weighted by Gasteiger charge is 2.42. The average molecular weight is 356 g/mol. The highest BCUT2D eigenvalue weighted by Crippen LogP contribution is 2.25. The second-order valence-corrected chi connectivity index (χ2v) is 6.54. The summed E-state index contributed by atoms with van der Waals surface area (Å²) in [7, 11) is 0. The lowest BCUT2D eigenvalue weighted by Crippen LogP contribution is -2.35. The standard InChI is InChI=1S/C19H18F2N4O/c20-19(21)9-16(22-11-19)18(26)24-14-7-5-13(6-8-14)10-25-12-23-15-3-1-2-4-17(15)25/h1-8,12,16,22H,9-11H2,(H,24,26). The summed E-state index contributed by atoms with van der Waals surface area (Å²) < 4.78 is 28.4. The van der Waals surface area contributed by atoms with Gasteiger partial charge in [0.25, 0.3) is 5.92 Å². The summed E-state index contributed by atoms with van der Waals surface area (Å²) in [4.78, 5) is 16.4. The van der Waals surface area contributed by atoms with Crippen molar-refractivity contribution in [3.63, 3.8) is 0 Å². The monoisotopic (exact) mass is 356 g/mol. The van der Waals surface area contributed by atoms with Gasteiger partial charge in [0, 0.05) is 18.7 Å². The Kier molecular flexibility index (Phi) is 4.16. The van der Waals surface area contributed by atoms with E-state index in [4.69, 9.17) is 0 Å². The van der Waals surface area contributed by atoms with E-state index in [-0.39, 0.29) is 0 Å². The number of alkyl halides is 2. The van der Waals surface area contributed by atoms with E-state index in [1.807, 2.05) is 41.0 Å². The van der Waals surface area contributed by atoms with E-state index in [1.54, 1.807) is 18.5 Å². The second-order valence-electron chi connectivity index (χ2n) is 6.54. The van der Waals surface area contributed by atoms with Crippen molar-refractivity contribution in [3.05, 3.63) is 60.4 Å². The van der Waals surface area contributed by atoms with Gasteiger partial charge in [0.2, 0.25) is 5.91 Å². The minimum atomic E-state index is -2.82. The number of imidazole rings is 1. The molecule has 2 N–H and O–H groups in total. The van der Waals surface area contributed by atoms with Crippen LogP contribution >= 0.6 is 0 Å². The van der Waals surface area contributed by atoms with Gasteiger partial charge in [-0.3, -0.25) is 10.1 Å². The molecule has 1 amide bonds. The van der Waals surface area contributed by atoms with Gasteiger partial charge in [-0.25, -0.2) is 13.8 Å². The Hall–Kier alpha value is -2.80. The number of carbonyl (C=O) groups is 1. The van der Waals surface area contributed by atoms with Crippen molar-refractivity contribution in [2.45, 2.75) is 24.9 Å². The van der Waals surface area contributed by atoms with Gasteiger partial charge < -0.3 is 9.88 Å². The highest BCUT2D eigenvalue weighted by atomic mass is 19.3. The molecule has 1 fully saturated rings. The summed E-state index contributed by atoms with van der Waals surface area (Å²) >= 11 is 0. The third kappa shape index (κ3) is 3.43. The van der Waals surface area contributed by atoms with Gasteiger partial charge in [0.1, 0.15) is 0 Å². The third-order valence-corrected chi connectivity index (χ3v) is 4.53. The molecule has 1 saturated heterocycles. The normalized spacial score (nSPS) is 18.9. The molecule has 5 nitrogen and oxygen atoms in total. The Bertz CT molecular complexity index is 936. The van der Waals surface area contributed by atoms with Crippen LogP contribution in [-0.2, 0) is 11.3 Å². The molecule has 0 radical (unpaired) electrons. The first-order valence-electron chi connectivity index (χ1n) is 8.41. The molecule has 0 spiro atoms. The van der Waals surface area contributed by atoms with E-state index in [2.05, 4.69) is 15.6 Å². The molecule has 26 heavy (non-hydrogen) atoms. The van der Waals surface area contributed by atoms with Crippen molar-refractivity contribution in [2.24, 2.45) is 0 Å². The zero-order chi connectivity index (χ0) is 18.1. The van der Waals surface area contributed by atoms with Crippen molar-refractivity contribution >= 4 is 22.6 Å². The molecule has 3 aromatic rings. The molecule has 0 saturated carbocycles. The predicted molar refractivity (Wildman–Crippen MR) is 95.3 cm³/mol. The van der Waals surface area contributed by atoms with Crippen molar-refractivity contribution in [1.29, 1.82) is 0 Å². The number of nitrogens with one attached hydrogen (secondary N) is 2. The summed E-state index contributed by atoms with van der Waals surface area (Å²) in [6.45, 7) is 0.202. The van der Waals surface area contributed by atoms with Crippen molar-refractivity contribution < 1.29 is 13.6 Å². The third-order valence-electron chi connectivity index (χ3n) is 4.53. The van der Waals surface area contributed by atoms with Gasteiger partial charge in [-0.2, -0.15) is 0 Å². The van der Waals surface area contributed by atoms with Crippen molar-refractivity contribution in [1.82, 2.24) is 14.9 Å². The van der Waals surface area contributed by atoms with E-state index in [1.165, 1.54) is 0 Å².